The van der Waals surface area contributed by atoms with Crippen molar-refractivity contribution in [3.05, 3.63) is 35.4 Å². The molecule has 2 aliphatic heterocycles. The van der Waals surface area contributed by atoms with Crippen LogP contribution >= 0.6 is 0 Å². The van der Waals surface area contributed by atoms with Crippen molar-refractivity contribution in [3.8, 4) is 0 Å². The Morgan fingerprint density at radius 2 is 1.72 bits per heavy atom. The molecule has 1 amide bonds. The maximum Gasteiger partial charge on any atom is 0.290 e. The van der Waals surface area contributed by atoms with Gasteiger partial charge in [0.2, 0.25) is 5.91 Å². The van der Waals surface area contributed by atoms with E-state index < -0.39 is 10.2 Å². The molecule has 0 unspecified atom stereocenters. The highest BCUT2D eigenvalue weighted by atomic mass is 32.2. The Balaban J connectivity index is 0.000000913. The number of carboxylic acid groups (broad SMARTS) is 1. The predicted octanol–water partition coefficient (Wildman–Crippen LogP) is 1.10. The van der Waals surface area contributed by atoms with E-state index in [2.05, 4.69) is 33.1 Å². The summed E-state index contributed by atoms with van der Waals surface area (Å²) in [7, 11) is -3.40. The first-order valence-corrected chi connectivity index (χ1v) is 12.8. The average molecular weight is 467 g/mol. The molecule has 2 fully saturated rings. The molecule has 4 rings (SSSR count). The van der Waals surface area contributed by atoms with E-state index >= 15 is 0 Å². The number of nitrogens with one attached hydrogen (secondary N) is 2. The molecule has 1 saturated carbocycles. The fourth-order valence-corrected chi connectivity index (χ4v) is 6.33. The third-order valence-electron chi connectivity index (χ3n) is 6.34. The summed E-state index contributed by atoms with van der Waals surface area (Å²) in [5.41, 5.74) is 2.69. The maximum atomic E-state index is 12.6. The van der Waals surface area contributed by atoms with Crippen LogP contribution in [0.2, 0.25) is 0 Å². The Kier molecular flexibility index (Phi) is 9.03. The van der Waals surface area contributed by atoms with Crippen molar-refractivity contribution in [1.82, 2.24) is 19.2 Å². The molecule has 0 spiro atoms. The summed E-state index contributed by atoms with van der Waals surface area (Å²) in [6, 6.07) is 8.36. The summed E-state index contributed by atoms with van der Waals surface area (Å²) in [5.74, 6) is 0.0393. The van der Waals surface area contributed by atoms with Gasteiger partial charge >= 0.3 is 0 Å². The monoisotopic (exact) mass is 466 g/mol. The van der Waals surface area contributed by atoms with Gasteiger partial charge in [-0.2, -0.15) is 17.4 Å². The second-order valence-electron chi connectivity index (χ2n) is 8.69. The van der Waals surface area contributed by atoms with Crippen LogP contribution in [-0.2, 0) is 32.8 Å². The molecule has 2 heterocycles. The van der Waals surface area contributed by atoms with Crippen LogP contribution in [0.15, 0.2) is 24.3 Å². The number of fused-ring (bicyclic) bond motifs is 1. The number of rotatable bonds is 6. The summed E-state index contributed by atoms with van der Waals surface area (Å²) in [6.07, 6.45) is 6.19. The van der Waals surface area contributed by atoms with Crippen molar-refractivity contribution in [1.29, 1.82) is 0 Å². The second kappa shape index (κ2) is 11.7. The van der Waals surface area contributed by atoms with Gasteiger partial charge in [-0.1, -0.05) is 24.3 Å². The Hall–Kier alpha value is -2.01. The summed E-state index contributed by atoms with van der Waals surface area (Å²) in [5, 5.41) is 10.0. The molecule has 1 saturated heterocycles. The van der Waals surface area contributed by atoms with Gasteiger partial charge in [-0.3, -0.25) is 14.5 Å². The van der Waals surface area contributed by atoms with E-state index in [0.717, 1.165) is 51.6 Å². The lowest BCUT2D eigenvalue weighted by atomic mass is 9.91. The average Bonchev–Trinajstić information content (AvgIpc) is 3.30. The normalized spacial score (nSPS) is 24.1. The largest absolute Gasteiger partial charge is 0.483 e. The number of nitrogens with zero attached hydrogens (tertiary/aromatic N) is 2. The summed E-state index contributed by atoms with van der Waals surface area (Å²) in [6.45, 7) is 3.08. The lowest BCUT2D eigenvalue weighted by Gasteiger charge is -2.32. The van der Waals surface area contributed by atoms with E-state index in [1.807, 2.05) is 6.07 Å². The summed E-state index contributed by atoms with van der Waals surface area (Å²) < 4.78 is 29.4. The van der Waals surface area contributed by atoms with Crippen molar-refractivity contribution < 1.29 is 23.1 Å². The van der Waals surface area contributed by atoms with Crippen molar-refractivity contribution >= 4 is 22.6 Å². The third-order valence-corrected chi connectivity index (χ3v) is 8.01. The van der Waals surface area contributed by atoms with Crippen LogP contribution in [0.25, 0.3) is 0 Å². The highest BCUT2D eigenvalue weighted by Crippen LogP contribution is 2.22. The number of amides is 1. The molecule has 0 radical (unpaired) electrons. The van der Waals surface area contributed by atoms with Crippen LogP contribution in [-0.4, -0.2) is 73.4 Å². The van der Waals surface area contributed by atoms with Crippen molar-refractivity contribution in [3.63, 3.8) is 0 Å². The van der Waals surface area contributed by atoms with Crippen LogP contribution in [0.3, 0.4) is 0 Å². The van der Waals surface area contributed by atoms with Gasteiger partial charge in [-0.05, 0) is 56.1 Å². The van der Waals surface area contributed by atoms with Crippen LogP contribution in [0.5, 0.6) is 0 Å². The van der Waals surface area contributed by atoms with Crippen LogP contribution in [0.1, 0.15) is 49.7 Å². The standard InChI is InChI=1S/C21H32N4O3S.CH2O2/c26-21(16-24-13-10-17-6-1-2-7-18(17)15-24)22-19-8-5-9-20(14-19)23-29(27,28)25-11-3-4-12-25;2-1-3/h1-2,6-7,19-20,23H,3-5,8-16H2,(H,22,26);1H,(H,2,3)/t19-,20-;/m1./s1. The van der Waals surface area contributed by atoms with E-state index in [1.165, 1.54) is 11.1 Å². The molecule has 2 atom stereocenters. The van der Waals surface area contributed by atoms with E-state index in [0.29, 0.717) is 26.1 Å². The number of benzene rings is 1. The van der Waals surface area contributed by atoms with Gasteiger partial charge in [0, 0.05) is 38.3 Å². The first-order chi connectivity index (χ1) is 15.4. The minimum Gasteiger partial charge on any atom is -0.483 e. The first kappa shape index (κ1) is 24.6. The molecule has 3 aliphatic rings. The molecular weight excluding hydrogens is 432 g/mol. The molecule has 32 heavy (non-hydrogen) atoms. The Morgan fingerprint density at radius 3 is 2.44 bits per heavy atom. The second-order valence-corrected chi connectivity index (χ2v) is 10.4. The molecule has 178 valence electrons. The molecule has 9 nitrogen and oxygen atoms in total. The zero-order valence-electron chi connectivity index (χ0n) is 18.4. The van der Waals surface area contributed by atoms with Gasteiger partial charge in [0.1, 0.15) is 0 Å². The highest BCUT2D eigenvalue weighted by Gasteiger charge is 2.31. The van der Waals surface area contributed by atoms with Crippen molar-refractivity contribution in [2.75, 3.05) is 26.2 Å². The maximum absolute atomic E-state index is 12.6. The Morgan fingerprint density at radius 1 is 1.06 bits per heavy atom. The third kappa shape index (κ3) is 6.99. The number of hydrogen-bond acceptors (Lipinski definition) is 5. The van der Waals surface area contributed by atoms with Gasteiger partial charge in [0.15, 0.2) is 0 Å². The minimum absolute atomic E-state index is 0.0393. The summed E-state index contributed by atoms with van der Waals surface area (Å²) >= 11 is 0. The van der Waals surface area contributed by atoms with Crippen LogP contribution < -0.4 is 10.0 Å². The number of carbonyl (C=O) groups is 2. The van der Waals surface area contributed by atoms with Crippen LogP contribution in [0.4, 0.5) is 0 Å². The number of hydrogen-bond donors (Lipinski definition) is 3. The molecule has 0 bridgehead atoms. The van der Waals surface area contributed by atoms with E-state index in [4.69, 9.17) is 9.90 Å². The Bertz CT molecular complexity index is 873. The van der Waals surface area contributed by atoms with Crippen LogP contribution in [0, 0.1) is 0 Å². The molecular formula is C22H34N4O5S. The smallest absolute Gasteiger partial charge is 0.290 e. The van der Waals surface area contributed by atoms with E-state index in [-0.39, 0.29) is 24.5 Å². The lowest BCUT2D eigenvalue weighted by molar-refractivity contribution is -0.124. The fraction of sp³-hybridized carbons (Fsp3) is 0.636. The zero-order valence-corrected chi connectivity index (χ0v) is 19.2. The van der Waals surface area contributed by atoms with Gasteiger partial charge in [0.25, 0.3) is 16.7 Å². The van der Waals surface area contributed by atoms with Crippen molar-refractivity contribution in [2.45, 2.75) is 63.6 Å². The van der Waals surface area contributed by atoms with Gasteiger partial charge in [-0.25, -0.2) is 0 Å². The molecule has 0 aromatic heterocycles. The highest BCUT2D eigenvalue weighted by molar-refractivity contribution is 7.87. The van der Waals surface area contributed by atoms with Crippen molar-refractivity contribution in [2.24, 2.45) is 0 Å². The lowest BCUT2D eigenvalue weighted by Crippen LogP contribution is -2.50. The van der Waals surface area contributed by atoms with Gasteiger partial charge in [0.05, 0.1) is 6.54 Å². The topological polar surface area (TPSA) is 119 Å². The van der Waals surface area contributed by atoms with E-state index in [9.17, 15) is 13.2 Å². The molecule has 10 heteroatoms. The minimum atomic E-state index is -3.40. The molecule has 3 N–H and O–H groups in total. The molecule has 1 aromatic rings. The predicted molar refractivity (Wildman–Crippen MR) is 121 cm³/mol. The fourth-order valence-electron chi connectivity index (χ4n) is 4.81. The first-order valence-electron chi connectivity index (χ1n) is 11.3. The number of carbonyl (C=O) groups excluding carboxylic acids is 1. The SMILES string of the molecule is O=C(CN1CCc2ccccc2C1)N[C@@H]1CCC[C@@H](NS(=O)(=O)N2CCCC2)C1.O=CO. The molecule has 1 aromatic carbocycles. The Labute approximate surface area is 190 Å². The molecule has 1 aliphatic carbocycles. The zero-order chi connectivity index (χ0) is 23.0. The van der Waals surface area contributed by atoms with Gasteiger partial charge < -0.3 is 10.4 Å². The van der Waals surface area contributed by atoms with E-state index in [1.54, 1.807) is 4.31 Å². The quantitative estimate of drug-likeness (QED) is 0.540. The van der Waals surface area contributed by atoms with Gasteiger partial charge in [-0.15, -0.1) is 0 Å². The summed E-state index contributed by atoms with van der Waals surface area (Å²) in [4.78, 5) is 23.1.